The van der Waals surface area contributed by atoms with Crippen LogP contribution in [0, 0.1) is 0 Å². The molecule has 2 N–H and O–H groups in total. The number of fused-ring (bicyclic) bond motifs is 1. The fourth-order valence-electron chi connectivity index (χ4n) is 1.81. The lowest BCUT2D eigenvalue weighted by Crippen LogP contribution is -2.17. The monoisotopic (exact) mass is 176 g/mol. The Labute approximate surface area is 77.1 Å². The molecule has 0 amide bonds. The van der Waals surface area contributed by atoms with Gasteiger partial charge in [-0.2, -0.15) is 0 Å². The van der Waals surface area contributed by atoms with Crippen molar-refractivity contribution in [3.63, 3.8) is 0 Å². The van der Waals surface area contributed by atoms with Crippen molar-refractivity contribution in [2.45, 2.75) is 12.6 Å². The first-order valence-electron chi connectivity index (χ1n) is 4.26. The van der Waals surface area contributed by atoms with Gasteiger partial charge in [0.25, 0.3) is 0 Å². The van der Waals surface area contributed by atoms with Gasteiger partial charge in [0.1, 0.15) is 6.29 Å². The number of carbonyl (C=O) groups excluding carboxylic acids is 1. The second kappa shape index (κ2) is 2.85. The van der Waals surface area contributed by atoms with Gasteiger partial charge in [0.05, 0.1) is 6.04 Å². The maximum absolute atomic E-state index is 10.8. The number of nitrogens with two attached hydrogens (primary N) is 1. The maximum Gasteiger partial charge on any atom is 0.141 e. The van der Waals surface area contributed by atoms with Crippen molar-refractivity contribution < 1.29 is 4.79 Å². The highest BCUT2D eigenvalue weighted by Gasteiger charge is 2.26. The van der Waals surface area contributed by atoms with Crippen LogP contribution >= 0.6 is 0 Å². The van der Waals surface area contributed by atoms with Crippen LogP contribution in [0.5, 0.6) is 0 Å². The van der Waals surface area contributed by atoms with Gasteiger partial charge in [0, 0.05) is 12.2 Å². The van der Waals surface area contributed by atoms with Gasteiger partial charge in [0.15, 0.2) is 0 Å². The zero-order valence-corrected chi connectivity index (χ0v) is 7.53. The van der Waals surface area contributed by atoms with E-state index in [-0.39, 0.29) is 6.04 Å². The molecule has 0 fully saturated rings. The first-order chi connectivity index (χ1) is 6.22. The largest absolute Gasteiger partial charge is 0.399 e. The van der Waals surface area contributed by atoms with Gasteiger partial charge >= 0.3 is 0 Å². The number of nitrogens with zero attached hydrogens (tertiary/aromatic N) is 1. The molecule has 1 aromatic rings. The standard InChI is InChI=1S/C10H12N2O/c1-12-5-7-2-3-8(11)4-9(7)10(12)6-13/h2-4,6,10H,5,11H2,1H3. The molecule has 1 unspecified atom stereocenters. The van der Waals surface area contributed by atoms with Crippen molar-refractivity contribution >= 4 is 12.0 Å². The van der Waals surface area contributed by atoms with Crippen LogP contribution in [0.3, 0.4) is 0 Å². The van der Waals surface area contributed by atoms with E-state index in [9.17, 15) is 4.79 Å². The number of aldehydes is 1. The fraction of sp³-hybridized carbons (Fsp3) is 0.300. The van der Waals surface area contributed by atoms with Gasteiger partial charge in [-0.1, -0.05) is 6.07 Å². The number of carbonyl (C=O) groups is 1. The molecule has 3 nitrogen and oxygen atoms in total. The normalized spacial score (nSPS) is 21.5. The Kier molecular flexibility index (Phi) is 1.81. The topological polar surface area (TPSA) is 46.3 Å². The summed E-state index contributed by atoms with van der Waals surface area (Å²) in [6, 6.07) is 5.64. The van der Waals surface area contributed by atoms with E-state index in [0.29, 0.717) is 0 Å². The Morgan fingerprint density at radius 3 is 3.08 bits per heavy atom. The molecule has 3 heteroatoms. The molecule has 2 rings (SSSR count). The average Bonchev–Trinajstić information content (AvgIpc) is 2.40. The van der Waals surface area contributed by atoms with Gasteiger partial charge in [-0.05, 0) is 30.3 Å². The first kappa shape index (κ1) is 8.26. The summed E-state index contributed by atoms with van der Waals surface area (Å²) in [5, 5.41) is 0. The Morgan fingerprint density at radius 1 is 1.62 bits per heavy atom. The van der Waals surface area contributed by atoms with E-state index >= 15 is 0 Å². The molecule has 1 aromatic carbocycles. The lowest BCUT2D eigenvalue weighted by Gasteiger charge is -2.12. The van der Waals surface area contributed by atoms with Crippen LogP contribution < -0.4 is 5.73 Å². The highest BCUT2D eigenvalue weighted by molar-refractivity contribution is 5.66. The van der Waals surface area contributed by atoms with Gasteiger partial charge in [-0.15, -0.1) is 0 Å². The quantitative estimate of drug-likeness (QED) is 0.512. The summed E-state index contributed by atoms with van der Waals surface area (Å²) in [5.41, 5.74) is 8.64. The third-order valence-corrected chi connectivity index (χ3v) is 2.51. The fourth-order valence-corrected chi connectivity index (χ4v) is 1.81. The predicted octanol–water partition coefficient (Wildman–Crippen LogP) is 0.954. The van der Waals surface area contributed by atoms with Crippen molar-refractivity contribution in [3.8, 4) is 0 Å². The predicted molar refractivity (Wildman–Crippen MR) is 51.1 cm³/mol. The number of hydrogen-bond acceptors (Lipinski definition) is 3. The maximum atomic E-state index is 10.8. The van der Waals surface area contributed by atoms with E-state index in [1.165, 1.54) is 5.56 Å². The Balaban J connectivity index is 2.49. The lowest BCUT2D eigenvalue weighted by molar-refractivity contribution is -0.111. The number of nitrogen functional groups attached to an aromatic ring is 1. The molecule has 1 atom stereocenters. The zero-order valence-electron chi connectivity index (χ0n) is 7.53. The molecule has 13 heavy (non-hydrogen) atoms. The minimum atomic E-state index is -0.113. The van der Waals surface area contributed by atoms with Crippen molar-refractivity contribution in [2.24, 2.45) is 0 Å². The average molecular weight is 176 g/mol. The Hall–Kier alpha value is -1.35. The van der Waals surface area contributed by atoms with Gasteiger partial charge in [-0.3, -0.25) is 4.90 Å². The third kappa shape index (κ3) is 1.21. The minimum absolute atomic E-state index is 0.113. The summed E-state index contributed by atoms with van der Waals surface area (Å²) in [5.74, 6) is 0. The van der Waals surface area contributed by atoms with E-state index in [4.69, 9.17) is 5.73 Å². The van der Waals surface area contributed by atoms with Crippen LogP contribution in [0.4, 0.5) is 5.69 Å². The molecule has 0 aromatic heterocycles. The second-order valence-corrected chi connectivity index (χ2v) is 3.45. The van der Waals surface area contributed by atoms with Crippen LogP contribution in [0.1, 0.15) is 17.2 Å². The number of hydrogen-bond donors (Lipinski definition) is 1. The molecule has 0 spiro atoms. The highest BCUT2D eigenvalue weighted by atomic mass is 16.1. The summed E-state index contributed by atoms with van der Waals surface area (Å²) < 4.78 is 0. The number of anilines is 1. The molecule has 0 bridgehead atoms. The molecule has 0 radical (unpaired) electrons. The lowest BCUT2D eigenvalue weighted by atomic mass is 10.1. The van der Waals surface area contributed by atoms with Crippen molar-refractivity contribution in [2.75, 3.05) is 12.8 Å². The smallest absolute Gasteiger partial charge is 0.141 e. The summed E-state index contributed by atoms with van der Waals surface area (Å²) in [7, 11) is 1.94. The Bertz CT molecular complexity index is 349. The van der Waals surface area contributed by atoms with Crippen molar-refractivity contribution in [1.29, 1.82) is 0 Å². The summed E-state index contributed by atoms with van der Waals surface area (Å²) in [4.78, 5) is 12.8. The first-order valence-corrected chi connectivity index (χ1v) is 4.26. The van der Waals surface area contributed by atoms with E-state index in [0.717, 1.165) is 24.1 Å². The van der Waals surface area contributed by atoms with Crippen LogP contribution in [0.2, 0.25) is 0 Å². The summed E-state index contributed by atoms with van der Waals surface area (Å²) in [6.45, 7) is 0.832. The zero-order chi connectivity index (χ0) is 9.42. The second-order valence-electron chi connectivity index (χ2n) is 3.45. The Morgan fingerprint density at radius 2 is 2.38 bits per heavy atom. The number of rotatable bonds is 1. The van der Waals surface area contributed by atoms with Crippen molar-refractivity contribution in [1.82, 2.24) is 4.90 Å². The van der Waals surface area contributed by atoms with E-state index in [2.05, 4.69) is 0 Å². The number of likely N-dealkylation sites (N-methyl/N-ethyl adjacent to an activating group) is 1. The number of benzene rings is 1. The van der Waals surface area contributed by atoms with Gasteiger partial charge < -0.3 is 10.5 Å². The van der Waals surface area contributed by atoms with E-state index < -0.39 is 0 Å². The third-order valence-electron chi connectivity index (χ3n) is 2.51. The van der Waals surface area contributed by atoms with Crippen LogP contribution in [0.25, 0.3) is 0 Å². The van der Waals surface area contributed by atoms with E-state index in [1.54, 1.807) is 0 Å². The van der Waals surface area contributed by atoms with Crippen LogP contribution in [-0.2, 0) is 11.3 Å². The highest BCUT2D eigenvalue weighted by Crippen LogP contribution is 2.31. The summed E-state index contributed by atoms with van der Waals surface area (Å²) in [6.07, 6.45) is 0.964. The molecule has 1 aliphatic rings. The summed E-state index contributed by atoms with van der Waals surface area (Å²) >= 11 is 0. The molecule has 68 valence electrons. The molecule has 0 saturated heterocycles. The molecule has 0 saturated carbocycles. The SMILES string of the molecule is CN1Cc2ccc(N)cc2C1C=O. The van der Waals surface area contributed by atoms with E-state index in [1.807, 2.05) is 30.1 Å². The molecular weight excluding hydrogens is 164 g/mol. The minimum Gasteiger partial charge on any atom is -0.399 e. The van der Waals surface area contributed by atoms with Gasteiger partial charge in [0.2, 0.25) is 0 Å². The van der Waals surface area contributed by atoms with Crippen molar-refractivity contribution in [3.05, 3.63) is 29.3 Å². The van der Waals surface area contributed by atoms with Crippen LogP contribution in [0.15, 0.2) is 18.2 Å². The molecule has 1 aliphatic heterocycles. The van der Waals surface area contributed by atoms with Crippen LogP contribution in [-0.4, -0.2) is 18.2 Å². The molecule has 0 aliphatic carbocycles. The molecule has 1 heterocycles. The van der Waals surface area contributed by atoms with Gasteiger partial charge in [-0.25, -0.2) is 0 Å². The molecular formula is C10H12N2O.